The van der Waals surface area contributed by atoms with Crippen LogP contribution in [0.4, 0.5) is 18.9 Å². The summed E-state index contributed by atoms with van der Waals surface area (Å²) in [7, 11) is 0. The number of anilines is 1. The normalized spacial score (nSPS) is 13.1. The van der Waals surface area contributed by atoms with Gasteiger partial charge in [0.15, 0.2) is 0 Å². The molecule has 0 aliphatic heterocycles. The van der Waals surface area contributed by atoms with Crippen molar-refractivity contribution in [1.82, 2.24) is 14.9 Å². The van der Waals surface area contributed by atoms with Crippen molar-refractivity contribution in [2.45, 2.75) is 58.2 Å². The van der Waals surface area contributed by atoms with E-state index in [1.165, 1.54) is 12.1 Å². The number of fused-ring (bicyclic) bond motifs is 4. The van der Waals surface area contributed by atoms with Crippen molar-refractivity contribution in [3.63, 3.8) is 0 Å². The van der Waals surface area contributed by atoms with Gasteiger partial charge in [0.2, 0.25) is 5.91 Å². The molecule has 0 unspecified atom stereocenters. The van der Waals surface area contributed by atoms with Crippen LogP contribution in [0.3, 0.4) is 0 Å². The summed E-state index contributed by atoms with van der Waals surface area (Å²) in [5.74, 6) is 0.440. The average Bonchev–Trinajstić information content (AvgIpc) is 3.62. The number of carbonyl (C=O) groups is 2. The lowest BCUT2D eigenvalue weighted by Gasteiger charge is -2.31. The van der Waals surface area contributed by atoms with Gasteiger partial charge in [-0.25, -0.2) is 4.98 Å². The third-order valence-corrected chi connectivity index (χ3v) is 10.2. The van der Waals surface area contributed by atoms with E-state index in [1.54, 1.807) is 24.3 Å². The number of hydrogen-bond donors (Lipinski definition) is 2. The molecule has 0 saturated carbocycles. The minimum atomic E-state index is -4.45. The first-order chi connectivity index (χ1) is 25.0. The van der Waals surface area contributed by atoms with Crippen LogP contribution in [0.25, 0.3) is 33.3 Å². The number of rotatable bonds is 10. The molecule has 0 bridgehead atoms. The summed E-state index contributed by atoms with van der Waals surface area (Å²) >= 11 is 0. The highest BCUT2D eigenvalue weighted by molar-refractivity contribution is 6.12. The van der Waals surface area contributed by atoms with E-state index in [9.17, 15) is 22.8 Å². The fourth-order valence-electron chi connectivity index (χ4n) is 7.73. The smallest absolute Gasteiger partial charge is 0.355 e. The van der Waals surface area contributed by atoms with Crippen molar-refractivity contribution in [3.05, 3.63) is 143 Å². The molecule has 0 saturated heterocycles. The number of hydrogen-bond acceptors (Lipinski definition) is 3. The van der Waals surface area contributed by atoms with Gasteiger partial charge in [-0.15, -0.1) is 0 Å². The minimum absolute atomic E-state index is 0.0208. The first-order valence-electron chi connectivity index (χ1n) is 17.6. The van der Waals surface area contributed by atoms with Crippen molar-refractivity contribution in [2.24, 2.45) is 0 Å². The van der Waals surface area contributed by atoms with Gasteiger partial charge in [0.1, 0.15) is 16.8 Å². The van der Waals surface area contributed by atoms with Gasteiger partial charge < -0.3 is 15.2 Å². The zero-order valence-corrected chi connectivity index (χ0v) is 29.3. The molecule has 0 radical (unpaired) electrons. The highest BCUT2D eigenvalue weighted by Gasteiger charge is 2.48. The van der Waals surface area contributed by atoms with E-state index >= 15 is 0 Å². The maximum atomic E-state index is 14.0. The van der Waals surface area contributed by atoms with E-state index in [2.05, 4.69) is 39.5 Å². The van der Waals surface area contributed by atoms with Crippen molar-refractivity contribution < 1.29 is 22.8 Å². The Labute approximate surface area is 300 Å². The lowest BCUT2D eigenvalue weighted by atomic mass is 9.73. The Kier molecular flexibility index (Phi) is 9.21. The van der Waals surface area contributed by atoms with Gasteiger partial charge in [-0.2, -0.15) is 13.2 Å². The van der Waals surface area contributed by atoms with E-state index in [0.29, 0.717) is 47.4 Å². The Morgan fingerprint density at radius 3 is 2.02 bits per heavy atom. The third-order valence-electron chi connectivity index (χ3n) is 10.2. The summed E-state index contributed by atoms with van der Waals surface area (Å²) in [6, 6.07) is 32.1. The summed E-state index contributed by atoms with van der Waals surface area (Å²) in [5.41, 5.74) is 7.10. The second-order valence-corrected chi connectivity index (χ2v) is 13.3. The van der Waals surface area contributed by atoms with E-state index < -0.39 is 17.2 Å². The molecule has 0 spiro atoms. The van der Waals surface area contributed by atoms with Crippen LogP contribution < -0.4 is 10.6 Å². The molecule has 2 amide bonds. The van der Waals surface area contributed by atoms with Crippen LogP contribution in [-0.4, -0.2) is 27.9 Å². The summed E-state index contributed by atoms with van der Waals surface area (Å²) in [4.78, 5) is 32.7. The molecule has 1 aliphatic rings. The zero-order valence-electron chi connectivity index (χ0n) is 29.3. The Morgan fingerprint density at radius 1 is 0.769 bits per heavy atom. The Bertz CT molecular complexity index is 2260. The Morgan fingerprint density at radius 2 is 1.38 bits per heavy atom. The first-order valence-corrected chi connectivity index (χ1v) is 17.6. The molecule has 9 heteroatoms. The molecule has 1 aromatic heterocycles. The van der Waals surface area contributed by atoms with Crippen LogP contribution in [0.15, 0.2) is 109 Å². The van der Waals surface area contributed by atoms with Crippen molar-refractivity contribution in [1.29, 1.82) is 0 Å². The number of aromatic nitrogens is 2. The number of unbranched alkanes of at least 4 members (excludes halogenated alkanes) is 1. The monoisotopic (exact) mass is 700 g/mol. The molecule has 7 rings (SSSR count). The minimum Gasteiger partial charge on any atom is -0.355 e. The Hall–Kier alpha value is -5.70. The van der Waals surface area contributed by atoms with E-state index in [4.69, 9.17) is 4.98 Å². The number of likely N-dealkylation sites (N-methyl/N-ethyl adjacent to an activating group) is 1. The highest BCUT2D eigenvalue weighted by atomic mass is 19.4. The lowest BCUT2D eigenvalue weighted by molar-refractivity contribution is -0.137. The van der Waals surface area contributed by atoms with Crippen molar-refractivity contribution in [3.8, 4) is 22.3 Å². The molecule has 0 fully saturated rings. The number of nitrogens with zero attached hydrogens (tertiary/aromatic N) is 2. The van der Waals surface area contributed by atoms with Gasteiger partial charge in [-0.1, -0.05) is 84.9 Å². The molecule has 52 heavy (non-hydrogen) atoms. The number of aryl methyl sites for hydroxylation is 3. The fourth-order valence-corrected chi connectivity index (χ4v) is 7.73. The number of amides is 2. The molecule has 1 heterocycles. The van der Waals surface area contributed by atoms with Crippen molar-refractivity contribution in [2.75, 3.05) is 11.9 Å². The predicted molar refractivity (Wildman–Crippen MR) is 199 cm³/mol. The van der Waals surface area contributed by atoms with Gasteiger partial charge >= 0.3 is 6.18 Å². The molecular formula is C43H39F3N4O2. The number of imidazole rings is 1. The quantitative estimate of drug-likeness (QED) is 0.140. The average molecular weight is 701 g/mol. The predicted octanol–water partition coefficient (Wildman–Crippen LogP) is 9.86. The number of carbonyl (C=O) groups excluding carboxylic acids is 2. The van der Waals surface area contributed by atoms with Crippen LogP contribution in [0, 0.1) is 13.8 Å². The zero-order chi connectivity index (χ0) is 36.6. The van der Waals surface area contributed by atoms with E-state index in [0.717, 1.165) is 64.1 Å². The molecular weight excluding hydrogens is 661 g/mol. The number of halogens is 3. The van der Waals surface area contributed by atoms with Crippen LogP contribution in [0.2, 0.25) is 0 Å². The maximum absolute atomic E-state index is 14.0. The molecule has 1 aliphatic carbocycles. The molecule has 2 N–H and O–H groups in total. The first kappa shape index (κ1) is 34.7. The number of benzene rings is 5. The molecule has 5 aromatic carbocycles. The second-order valence-electron chi connectivity index (χ2n) is 13.3. The largest absolute Gasteiger partial charge is 0.416 e. The lowest BCUT2D eigenvalue weighted by Crippen LogP contribution is -2.44. The van der Waals surface area contributed by atoms with Gasteiger partial charge in [0.25, 0.3) is 5.91 Å². The summed E-state index contributed by atoms with van der Waals surface area (Å²) in [6.07, 6.45) is -2.21. The standard InChI is InChI=1S/C43H39F3N4O2/c1-4-47-41(52)42(35-17-9-7-14-32(35)33-15-8-10-18-36(33)42)25-11-12-26-50-28(3)48-39-37(50)24-19-27(2)38(39)49-40(51)34-16-6-5-13-31(34)29-20-22-30(23-21-29)43(44,45)46/h5-10,13-24H,4,11-12,25-26H2,1-3H3,(H,47,52)(H,49,51). The fraction of sp³-hybridized carbons (Fsp3) is 0.233. The molecule has 264 valence electrons. The topological polar surface area (TPSA) is 76.0 Å². The van der Waals surface area contributed by atoms with Crippen molar-refractivity contribution >= 4 is 28.5 Å². The molecule has 0 atom stereocenters. The number of alkyl halides is 3. The summed E-state index contributed by atoms with van der Waals surface area (Å²) < 4.78 is 41.7. The van der Waals surface area contributed by atoms with Gasteiger partial charge in [-0.05, 0) is 103 Å². The van der Waals surface area contributed by atoms with Gasteiger partial charge in [0, 0.05) is 18.7 Å². The van der Waals surface area contributed by atoms with Crippen LogP contribution in [-0.2, 0) is 22.9 Å². The van der Waals surface area contributed by atoms with Crippen LogP contribution in [0.5, 0.6) is 0 Å². The molecule has 6 aromatic rings. The number of nitrogens with one attached hydrogen (secondary N) is 2. The molecule has 6 nitrogen and oxygen atoms in total. The van der Waals surface area contributed by atoms with Crippen LogP contribution >= 0.6 is 0 Å². The third kappa shape index (κ3) is 6.04. The second kappa shape index (κ2) is 13.8. The Balaban J connectivity index is 1.13. The van der Waals surface area contributed by atoms with E-state index in [-0.39, 0.29) is 11.8 Å². The summed E-state index contributed by atoms with van der Waals surface area (Å²) in [5, 5.41) is 6.20. The van der Waals surface area contributed by atoms with E-state index in [1.807, 2.05) is 57.2 Å². The van der Waals surface area contributed by atoms with Gasteiger partial charge in [0.05, 0.1) is 16.8 Å². The summed E-state index contributed by atoms with van der Waals surface area (Å²) in [6.45, 7) is 7.01. The maximum Gasteiger partial charge on any atom is 0.416 e. The SMILES string of the molecule is CCNC(=O)C1(CCCCn2c(C)nc3c(NC(=O)c4ccccc4-c4ccc(C(F)(F)F)cc4)c(C)ccc32)c2ccccc2-c2ccccc21. The van der Waals surface area contributed by atoms with Crippen LogP contribution in [0.1, 0.15) is 64.6 Å². The van der Waals surface area contributed by atoms with Gasteiger partial charge in [-0.3, -0.25) is 9.59 Å². The highest BCUT2D eigenvalue weighted by Crippen LogP contribution is 2.51.